The monoisotopic (exact) mass is 258 g/mol. The maximum atomic E-state index is 6.37. The van der Waals surface area contributed by atoms with Crippen molar-refractivity contribution in [2.45, 2.75) is 64.8 Å². The summed E-state index contributed by atoms with van der Waals surface area (Å²) in [4.78, 5) is 2.65. The Hall–Kier alpha value is 0.270. The third kappa shape index (κ3) is 4.15. The summed E-state index contributed by atoms with van der Waals surface area (Å²) in [5.74, 6) is 1.27. The van der Waals surface area contributed by atoms with Crippen LogP contribution in [0.4, 0.5) is 0 Å². The van der Waals surface area contributed by atoms with Crippen molar-refractivity contribution < 1.29 is 0 Å². The molecule has 1 aliphatic rings. The number of thioether (sulfide) groups is 1. The molecule has 0 aromatic heterocycles. The standard InChI is InChI=1S/C14H30N2S/c1-6-11-10-16(8-9-17-11)13(12(15)7-2)14(3,4)5/h11-13H,6-10,15H2,1-5H3. The van der Waals surface area contributed by atoms with Crippen LogP contribution in [0.1, 0.15) is 47.5 Å². The van der Waals surface area contributed by atoms with E-state index in [4.69, 9.17) is 5.73 Å². The zero-order valence-electron chi connectivity index (χ0n) is 12.2. The molecule has 3 atom stereocenters. The van der Waals surface area contributed by atoms with E-state index in [0.717, 1.165) is 11.7 Å². The van der Waals surface area contributed by atoms with Crippen molar-refractivity contribution in [1.29, 1.82) is 0 Å². The predicted molar refractivity (Wildman–Crippen MR) is 79.6 cm³/mol. The molecule has 1 fully saturated rings. The fourth-order valence-corrected chi connectivity index (χ4v) is 4.13. The van der Waals surface area contributed by atoms with Gasteiger partial charge in [0.2, 0.25) is 0 Å². The maximum Gasteiger partial charge on any atom is 0.0296 e. The van der Waals surface area contributed by atoms with Crippen molar-refractivity contribution in [3.05, 3.63) is 0 Å². The largest absolute Gasteiger partial charge is 0.326 e. The lowest BCUT2D eigenvalue weighted by molar-refractivity contribution is 0.0788. The molecule has 0 spiro atoms. The van der Waals surface area contributed by atoms with Crippen molar-refractivity contribution in [1.82, 2.24) is 4.90 Å². The van der Waals surface area contributed by atoms with E-state index in [1.807, 2.05) is 0 Å². The molecule has 0 bridgehead atoms. The Morgan fingerprint density at radius 3 is 2.47 bits per heavy atom. The maximum absolute atomic E-state index is 6.37. The van der Waals surface area contributed by atoms with Crippen LogP contribution in [0.5, 0.6) is 0 Å². The lowest BCUT2D eigenvalue weighted by atomic mass is 9.80. The van der Waals surface area contributed by atoms with Crippen molar-refractivity contribution in [3.8, 4) is 0 Å². The Morgan fingerprint density at radius 1 is 1.35 bits per heavy atom. The average molecular weight is 258 g/mol. The molecule has 1 rings (SSSR count). The van der Waals surface area contributed by atoms with Gasteiger partial charge >= 0.3 is 0 Å². The van der Waals surface area contributed by atoms with Gasteiger partial charge < -0.3 is 5.73 Å². The summed E-state index contributed by atoms with van der Waals surface area (Å²) in [5, 5.41) is 0.803. The van der Waals surface area contributed by atoms with Crippen LogP contribution in [0, 0.1) is 5.41 Å². The van der Waals surface area contributed by atoms with E-state index in [0.29, 0.717) is 12.1 Å². The van der Waals surface area contributed by atoms with E-state index in [-0.39, 0.29) is 5.41 Å². The molecule has 1 heterocycles. The molecule has 1 saturated heterocycles. The van der Waals surface area contributed by atoms with Gasteiger partial charge in [-0.1, -0.05) is 34.6 Å². The minimum absolute atomic E-state index is 0.274. The smallest absolute Gasteiger partial charge is 0.0296 e. The van der Waals surface area contributed by atoms with Crippen molar-refractivity contribution >= 4 is 11.8 Å². The topological polar surface area (TPSA) is 29.3 Å². The van der Waals surface area contributed by atoms with Crippen LogP contribution in [-0.4, -0.2) is 41.1 Å². The third-order valence-electron chi connectivity index (χ3n) is 3.78. The molecule has 0 aromatic rings. The molecule has 0 radical (unpaired) electrons. The molecule has 2 N–H and O–H groups in total. The molecule has 0 amide bonds. The molecular weight excluding hydrogens is 228 g/mol. The lowest BCUT2D eigenvalue weighted by Crippen LogP contribution is -2.57. The minimum Gasteiger partial charge on any atom is -0.326 e. The van der Waals surface area contributed by atoms with Crippen molar-refractivity contribution in [2.75, 3.05) is 18.8 Å². The summed E-state index contributed by atoms with van der Waals surface area (Å²) in [6.07, 6.45) is 2.35. The van der Waals surface area contributed by atoms with Gasteiger partial charge in [0.05, 0.1) is 0 Å². The van der Waals surface area contributed by atoms with Gasteiger partial charge in [0.25, 0.3) is 0 Å². The Bertz CT molecular complexity index is 225. The van der Waals surface area contributed by atoms with Gasteiger partial charge in [-0.25, -0.2) is 0 Å². The summed E-state index contributed by atoms with van der Waals surface area (Å²) in [6, 6.07) is 0.818. The summed E-state index contributed by atoms with van der Waals surface area (Å²) in [6.45, 7) is 13.9. The number of hydrogen-bond acceptors (Lipinski definition) is 3. The summed E-state index contributed by atoms with van der Waals surface area (Å²) >= 11 is 2.13. The van der Waals surface area contributed by atoms with E-state index in [1.54, 1.807) is 0 Å². The molecule has 0 aliphatic carbocycles. The predicted octanol–water partition coefficient (Wildman–Crippen LogP) is 2.97. The summed E-state index contributed by atoms with van der Waals surface area (Å²) in [5.41, 5.74) is 6.65. The molecule has 1 aliphatic heterocycles. The van der Waals surface area contributed by atoms with Gasteiger partial charge in [0.1, 0.15) is 0 Å². The van der Waals surface area contributed by atoms with Gasteiger partial charge in [-0.2, -0.15) is 11.8 Å². The zero-order chi connectivity index (χ0) is 13.1. The average Bonchev–Trinajstić information content (AvgIpc) is 2.27. The molecular formula is C14H30N2S. The van der Waals surface area contributed by atoms with Crippen molar-refractivity contribution in [3.63, 3.8) is 0 Å². The van der Waals surface area contributed by atoms with Gasteiger partial charge in [-0.3, -0.25) is 4.90 Å². The van der Waals surface area contributed by atoms with E-state index < -0.39 is 0 Å². The van der Waals surface area contributed by atoms with Gasteiger partial charge in [-0.05, 0) is 18.3 Å². The SMILES string of the molecule is CCC1CN(C(C(N)CC)C(C)(C)C)CCS1. The van der Waals surface area contributed by atoms with E-state index >= 15 is 0 Å². The fourth-order valence-electron chi connectivity index (χ4n) is 2.93. The van der Waals surface area contributed by atoms with Crippen LogP contribution < -0.4 is 5.73 Å². The Labute approximate surface area is 112 Å². The van der Waals surface area contributed by atoms with Crippen LogP contribution in [0.2, 0.25) is 0 Å². The van der Waals surface area contributed by atoms with Crippen LogP contribution in [0.25, 0.3) is 0 Å². The highest BCUT2D eigenvalue weighted by molar-refractivity contribution is 8.00. The second kappa shape index (κ2) is 6.44. The zero-order valence-corrected chi connectivity index (χ0v) is 13.0. The number of nitrogens with zero attached hydrogens (tertiary/aromatic N) is 1. The highest BCUT2D eigenvalue weighted by atomic mass is 32.2. The van der Waals surface area contributed by atoms with Gasteiger partial charge in [0.15, 0.2) is 0 Å². The first-order chi connectivity index (χ1) is 7.90. The molecule has 17 heavy (non-hydrogen) atoms. The Kier molecular flexibility index (Phi) is 5.81. The fraction of sp³-hybridized carbons (Fsp3) is 1.00. The lowest BCUT2D eigenvalue weighted by Gasteiger charge is -2.46. The number of rotatable bonds is 4. The molecule has 3 heteroatoms. The number of nitrogens with two attached hydrogens (primary N) is 1. The molecule has 0 saturated carbocycles. The van der Waals surface area contributed by atoms with E-state index in [1.165, 1.54) is 25.3 Å². The summed E-state index contributed by atoms with van der Waals surface area (Å²) in [7, 11) is 0. The molecule has 0 aromatic carbocycles. The van der Waals surface area contributed by atoms with Gasteiger partial charge in [-0.15, -0.1) is 0 Å². The first-order valence-corrected chi connectivity index (χ1v) is 8.06. The van der Waals surface area contributed by atoms with Crippen LogP contribution in [0.15, 0.2) is 0 Å². The Morgan fingerprint density at radius 2 is 2.00 bits per heavy atom. The van der Waals surface area contributed by atoms with Gasteiger partial charge in [0, 0.05) is 36.2 Å². The quantitative estimate of drug-likeness (QED) is 0.840. The summed E-state index contributed by atoms with van der Waals surface area (Å²) < 4.78 is 0. The normalized spacial score (nSPS) is 26.8. The van der Waals surface area contributed by atoms with Crippen LogP contribution >= 0.6 is 11.8 Å². The highest BCUT2D eigenvalue weighted by Gasteiger charge is 2.36. The number of hydrogen-bond donors (Lipinski definition) is 1. The second-order valence-corrected chi connectivity index (χ2v) is 7.69. The molecule has 2 nitrogen and oxygen atoms in total. The molecule has 3 unspecified atom stereocenters. The van der Waals surface area contributed by atoms with E-state index in [2.05, 4.69) is 51.3 Å². The van der Waals surface area contributed by atoms with Crippen LogP contribution in [-0.2, 0) is 0 Å². The van der Waals surface area contributed by atoms with E-state index in [9.17, 15) is 0 Å². The minimum atomic E-state index is 0.274. The second-order valence-electron chi connectivity index (χ2n) is 6.28. The Balaban J connectivity index is 2.76. The first kappa shape index (κ1) is 15.3. The first-order valence-electron chi connectivity index (χ1n) is 7.01. The molecule has 102 valence electrons. The highest BCUT2D eigenvalue weighted by Crippen LogP contribution is 2.31. The third-order valence-corrected chi connectivity index (χ3v) is 5.16. The van der Waals surface area contributed by atoms with Crippen molar-refractivity contribution in [2.24, 2.45) is 11.1 Å². The van der Waals surface area contributed by atoms with Crippen LogP contribution in [0.3, 0.4) is 0 Å².